The fraction of sp³-hybridized carbons (Fsp3) is 0.188. The van der Waals surface area contributed by atoms with Crippen molar-refractivity contribution in [1.29, 1.82) is 0 Å². The summed E-state index contributed by atoms with van der Waals surface area (Å²) in [5.74, 6) is 0.0566. The molecule has 1 aliphatic heterocycles. The summed E-state index contributed by atoms with van der Waals surface area (Å²) in [5.41, 5.74) is 0.300. The molecular formula is C16H12BrFO4. The van der Waals surface area contributed by atoms with Gasteiger partial charge in [-0.3, -0.25) is 0 Å². The quantitative estimate of drug-likeness (QED) is 0.780. The van der Waals surface area contributed by atoms with Crippen molar-refractivity contribution in [2.45, 2.75) is 12.7 Å². The fourth-order valence-corrected chi connectivity index (χ4v) is 2.35. The predicted molar refractivity (Wildman–Crippen MR) is 80.2 cm³/mol. The van der Waals surface area contributed by atoms with E-state index in [0.717, 1.165) is 0 Å². The SMILES string of the molecule is O=C(OCc1ccc(Br)cc1F)[C@@H]1COc2ccccc2O1. The Morgan fingerprint density at radius 3 is 2.82 bits per heavy atom. The van der Waals surface area contributed by atoms with E-state index in [4.69, 9.17) is 14.2 Å². The van der Waals surface area contributed by atoms with Gasteiger partial charge in [0.25, 0.3) is 0 Å². The Labute approximate surface area is 134 Å². The predicted octanol–water partition coefficient (Wildman–Crippen LogP) is 3.47. The maximum absolute atomic E-state index is 13.7. The Morgan fingerprint density at radius 2 is 2.05 bits per heavy atom. The van der Waals surface area contributed by atoms with E-state index < -0.39 is 17.9 Å². The summed E-state index contributed by atoms with van der Waals surface area (Å²) in [6.07, 6.45) is -0.853. The number of esters is 1. The summed E-state index contributed by atoms with van der Waals surface area (Å²) in [7, 11) is 0. The van der Waals surface area contributed by atoms with E-state index >= 15 is 0 Å². The number of rotatable bonds is 3. The summed E-state index contributed by atoms with van der Waals surface area (Å²) in [6, 6.07) is 11.6. The number of hydrogen-bond acceptors (Lipinski definition) is 4. The van der Waals surface area contributed by atoms with E-state index in [1.54, 1.807) is 30.3 Å². The highest BCUT2D eigenvalue weighted by atomic mass is 79.9. The number of carbonyl (C=O) groups is 1. The van der Waals surface area contributed by atoms with Crippen molar-refractivity contribution in [1.82, 2.24) is 0 Å². The van der Waals surface area contributed by atoms with Gasteiger partial charge in [-0.1, -0.05) is 34.1 Å². The number of para-hydroxylation sites is 2. The van der Waals surface area contributed by atoms with Crippen molar-refractivity contribution in [3.63, 3.8) is 0 Å². The first-order valence-electron chi connectivity index (χ1n) is 6.62. The van der Waals surface area contributed by atoms with Gasteiger partial charge in [-0.15, -0.1) is 0 Å². The van der Waals surface area contributed by atoms with E-state index in [0.29, 0.717) is 21.5 Å². The molecule has 22 heavy (non-hydrogen) atoms. The second-order valence-electron chi connectivity index (χ2n) is 4.71. The van der Waals surface area contributed by atoms with Crippen molar-refractivity contribution in [2.75, 3.05) is 6.61 Å². The van der Waals surface area contributed by atoms with Crippen LogP contribution in [-0.2, 0) is 16.1 Å². The molecule has 0 radical (unpaired) electrons. The minimum atomic E-state index is -0.853. The van der Waals surface area contributed by atoms with Gasteiger partial charge in [0.2, 0.25) is 6.10 Å². The molecule has 4 nitrogen and oxygen atoms in total. The molecule has 0 bridgehead atoms. The molecule has 2 aromatic rings. The zero-order valence-electron chi connectivity index (χ0n) is 11.4. The summed E-state index contributed by atoms with van der Waals surface area (Å²) in [5, 5.41) is 0. The largest absolute Gasteiger partial charge is 0.485 e. The Balaban J connectivity index is 1.61. The average molecular weight is 367 g/mol. The molecule has 0 N–H and O–H groups in total. The lowest BCUT2D eigenvalue weighted by Gasteiger charge is -2.24. The van der Waals surface area contributed by atoms with Gasteiger partial charge in [0, 0.05) is 10.0 Å². The molecule has 3 rings (SSSR count). The van der Waals surface area contributed by atoms with Gasteiger partial charge in [-0.2, -0.15) is 0 Å². The van der Waals surface area contributed by atoms with Crippen LogP contribution in [0.15, 0.2) is 46.9 Å². The van der Waals surface area contributed by atoms with Crippen LogP contribution in [-0.4, -0.2) is 18.7 Å². The molecule has 1 atom stereocenters. The Hall–Kier alpha value is -2.08. The molecule has 1 aliphatic rings. The first kappa shape index (κ1) is 14.8. The van der Waals surface area contributed by atoms with E-state index in [9.17, 15) is 9.18 Å². The lowest BCUT2D eigenvalue weighted by molar-refractivity contribution is -0.155. The standard InChI is InChI=1S/C16H12BrFO4/c17-11-6-5-10(12(18)7-11)8-21-16(19)15-9-20-13-3-1-2-4-14(13)22-15/h1-7,15H,8-9H2/t15-/m0/s1. The molecule has 114 valence electrons. The number of carbonyl (C=O) groups excluding carboxylic acids is 1. The number of benzene rings is 2. The van der Waals surface area contributed by atoms with E-state index in [1.165, 1.54) is 6.07 Å². The smallest absolute Gasteiger partial charge is 0.351 e. The van der Waals surface area contributed by atoms with Crippen LogP contribution in [0, 0.1) is 5.82 Å². The summed E-state index contributed by atoms with van der Waals surface area (Å²) in [4.78, 5) is 12.0. The highest BCUT2D eigenvalue weighted by Crippen LogP contribution is 2.31. The molecule has 0 saturated carbocycles. The minimum absolute atomic E-state index is 0.0681. The number of halogens is 2. The second kappa shape index (κ2) is 6.36. The Morgan fingerprint density at radius 1 is 1.27 bits per heavy atom. The van der Waals surface area contributed by atoms with E-state index in [2.05, 4.69) is 15.9 Å². The van der Waals surface area contributed by atoms with Crippen molar-refractivity contribution in [2.24, 2.45) is 0 Å². The fourth-order valence-electron chi connectivity index (χ4n) is 2.02. The monoisotopic (exact) mass is 366 g/mol. The Bertz CT molecular complexity index is 704. The van der Waals surface area contributed by atoms with Gasteiger partial charge in [0.1, 0.15) is 19.0 Å². The number of hydrogen-bond donors (Lipinski definition) is 0. The van der Waals surface area contributed by atoms with Gasteiger partial charge in [-0.25, -0.2) is 9.18 Å². The second-order valence-corrected chi connectivity index (χ2v) is 5.62. The third kappa shape index (κ3) is 3.22. The van der Waals surface area contributed by atoms with Crippen LogP contribution in [0.2, 0.25) is 0 Å². The highest BCUT2D eigenvalue weighted by molar-refractivity contribution is 9.10. The molecular weight excluding hydrogens is 355 g/mol. The molecule has 0 aromatic heterocycles. The summed E-state index contributed by atoms with van der Waals surface area (Å²) < 4.78 is 30.4. The topological polar surface area (TPSA) is 44.8 Å². The van der Waals surface area contributed by atoms with Crippen LogP contribution in [0.25, 0.3) is 0 Å². The van der Waals surface area contributed by atoms with Gasteiger partial charge in [0.15, 0.2) is 11.5 Å². The van der Waals surface area contributed by atoms with Gasteiger partial charge in [0.05, 0.1) is 0 Å². The average Bonchev–Trinajstić information content (AvgIpc) is 2.53. The lowest BCUT2D eigenvalue weighted by atomic mass is 10.2. The molecule has 6 heteroatoms. The normalized spacial score (nSPS) is 16.2. The molecule has 2 aromatic carbocycles. The van der Waals surface area contributed by atoms with Crippen LogP contribution >= 0.6 is 15.9 Å². The zero-order valence-corrected chi connectivity index (χ0v) is 13.0. The van der Waals surface area contributed by atoms with Crippen LogP contribution in [0.5, 0.6) is 11.5 Å². The van der Waals surface area contributed by atoms with Crippen LogP contribution in [0.4, 0.5) is 4.39 Å². The van der Waals surface area contributed by atoms with Crippen molar-refractivity contribution >= 4 is 21.9 Å². The van der Waals surface area contributed by atoms with Crippen LogP contribution < -0.4 is 9.47 Å². The summed E-state index contributed by atoms with van der Waals surface area (Å²) >= 11 is 3.17. The minimum Gasteiger partial charge on any atom is -0.485 e. The van der Waals surface area contributed by atoms with Crippen molar-refractivity contribution in [3.05, 3.63) is 58.3 Å². The lowest BCUT2D eigenvalue weighted by Crippen LogP contribution is -2.37. The third-order valence-electron chi connectivity index (χ3n) is 3.16. The van der Waals surface area contributed by atoms with E-state index in [1.807, 2.05) is 6.07 Å². The molecule has 0 saturated heterocycles. The number of ether oxygens (including phenoxy) is 3. The number of fused-ring (bicyclic) bond motifs is 1. The van der Waals surface area contributed by atoms with Crippen molar-refractivity contribution in [3.8, 4) is 11.5 Å². The van der Waals surface area contributed by atoms with Gasteiger partial charge in [-0.05, 0) is 24.3 Å². The zero-order chi connectivity index (χ0) is 15.5. The molecule has 0 amide bonds. The van der Waals surface area contributed by atoms with Crippen LogP contribution in [0.3, 0.4) is 0 Å². The Kier molecular flexibility index (Phi) is 4.29. The summed E-state index contributed by atoms with van der Waals surface area (Å²) in [6.45, 7) is -0.0852. The maximum Gasteiger partial charge on any atom is 0.351 e. The first-order valence-corrected chi connectivity index (χ1v) is 7.42. The maximum atomic E-state index is 13.7. The molecule has 1 heterocycles. The van der Waals surface area contributed by atoms with Crippen molar-refractivity contribution < 1.29 is 23.4 Å². The van der Waals surface area contributed by atoms with Crippen LogP contribution in [0.1, 0.15) is 5.56 Å². The van der Waals surface area contributed by atoms with Gasteiger partial charge < -0.3 is 14.2 Å². The first-order chi connectivity index (χ1) is 10.6. The third-order valence-corrected chi connectivity index (χ3v) is 3.65. The molecule has 0 spiro atoms. The van der Waals surface area contributed by atoms with Gasteiger partial charge >= 0.3 is 5.97 Å². The highest BCUT2D eigenvalue weighted by Gasteiger charge is 2.28. The molecule has 0 aliphatic carbocycles. The molecule has 0 fully saturated rings. The van der Waals surface area contributed by atoms with E-state index in [-0.39, 0.29) is 13.2 Å². The molecule has 0 unspecified atom stereocenters.